The van der Waals surface area contributed by atoms with Crippen LogP contribution >= 0.6 is 0 Å². The van der Waals surface area contributed by atoms with Crippen molar-refractivity contribution in [2.45, 2.75) is 31.9 Å². The van der Waals surface area contributed by atoms with Gasteiger partial charge in [0.05, 0.1) is 11.8 Å². The van der Waals surface area contributed by atoms with E-state index in [1.165, 1.54) is 6.92 Å². The molecule has 1 aromatic rings. The van der Waals surface area contributed by atoms with E-state index < -0.39 is 21.0 Å². The number of nitrogens with one attached hydrogen (secondary N) is 1. The molecule has 20 heavy (non-hydrogen) atoms. The molecule has 1 rings (SSSR count). The Labute approximate surface area is 119 Å². The highest BCUT2D eigenvalue weighted by Gasteiger charge is 2.27. The van der Waals surface area contributed by atoms with Crippen molar-refractivity contribution in [3.05, 3.63) is 29.8 Å². The number of anilines is 1. The minimum absolute atomic E-state index is 0.150. The molecular formula is C14H18N2O3S. The van der Waals surface area contributed by atoms with E-state index in [0.29, 0.717) is 5.69 Å². The Morgan fingerprint density at radius 3 is 2.50 bits per heavy atom. The van der Waals surface area contributed by atoms with Gasteiger partial charge in [0.1, 0.15) is 5.25 Å². The zero-order valence-electron chi connectivity index (χ0n) is 11.6. The summed E-state index contributed by atoms with van der Waals surface area (Å²) in [4.78, 5) is 11.9. The maximum absolute atomic E-state index is 11.9. The van der Waals surface area contributed by atoms with Gasteiger partial charge in [-0.3, -0.25) is 4.79 Å². The summed E-state index contributed by atoms with van der Waals surface area (Å²) in [5, 5.41) is 9.86. The van der Waals surface area contributed by atoms with Crippen LogP contribution in [0.1, 0.15) is 25.3 Å². The number of carbonyl (C=O) groups is 1. The van der Waals surface area contributed by atoms with Gasteiger partial charge in [0, 0.05) is 12.1 Å². The second kappa shape index (κ2) is 7.06. The first kappa shape index (κ1) is 16.2. The van der Waals surface area contributed by atoms with Crippen LogP contribution in [-0.2, 0) is 14.6 Å². The molecule has 5 nitrogen and oxygen atoms in total. The third-order valence-corrected chi connectivity index (χ3v) is 5.09. The van der Waals surface area contributed by atoms with E-state index in [9.17, 15) is 13.2 Å². The summed E-state index contributed by atoms with van der Waals surface area (Å²) in [7, 11) is -3.52. The van der Waals surface area contributed by atoms with E-state index in [4.69, 9.17) is 5.26 Å². The van der Waals surface area contributed by atoms with Gasteiger partial charge in [0.2, 0.25) is 5.91 Å². The summed E-state index contributed by atoms with van der Waals surface area (Å²) in [6, 6.07) is 9.01. The molecule has 0 saturated heterocycles. The summed E-state index contributed by atoms with van der Waals surface area (Å²) in [5.74, 6) is -0.700. The van der Waals surface area contributed by atoms with Crippen molar-refractivity contribution in [1.82, 2.24) is 0 Å². The van der Waals surface area contributed by atoms with E-state index in [0.717, 1.165) is 5.56 Å². The van der Waals surface area contributed by atoms with Gasteiger partial charge >= 0.3 is 0 Å². The lowest BCUT2D eigenvalue weighted by atomic mass is 10.2. The summed E-state index contributed by atoms with van der Waals surface area (Å²) < 4.78 is 23.8. The lowest BCUT2D eigenvalue weighted by Crippen LogP contribution is -2.34. The van der Waals surface area contributed by atoms with E-state index in [-0.39, 0.29) is 18.6 Å². The number of nitriles is 1. The molecule has 6 heteroatoms. The molecule has 1 aromatic carbocycles. The monoisotopic (exact) mass is 294 g/mol. The molecule has 0 bridgehead atoms. The standard InChI is InChI=1S/C14H18N2O3S/c1-11-5-7-13(8-6-11)16-14(17)12(2)20(18,19)10-4-3-9-15/h5-8,12H,3-4,10H2,1-2H3,(H,16,17). The van der Waals surface area contributed by atoms with Crippen molar-refractivity contribution >= 4 is 21.4 Å². The number of benzene rings is 1. The molecule has 0 fully saturated rings. The van der Waals surface area contributed by atoms with Gasteiger partial charge in [-0.1, -0.05) is 17.7 Å². The van der Waals surface area contributed by atoms with Gasteiger partial charge < -0.3 is 5.32 Å². The van der Waals surface area contributed by atoms with Crippen LogP contribution in [0, 0.1) is 18.3 Å². The lowest BCUT2D eigenvalue weighted by molar-refractivity contribution is -0.115. The normalized spacial score (nSPS) is 12.4. The number of rotatable bonds is 6. The molecule has 0 aromatic heterocycles. The summed E-state index contributed by atoms with van der Waals surface area (Å²) in [5.41, 5.74) is 1.62. The van der Waals surface area contributed by atoms with Crippen LogP contribution in [0.25, 0.3) is 0 Å². The molecule has 108 valence electrons. The van der Waals surface area contributed by atoms with Crippen molar-refractivity contribution < 1.29 is 13.2 Å². The highest BCUT2D eigenvalue weighted by molar-refractivity contribution is 7.92. The number of aryl methyl sites for hydroxylation is 1. The number of hydrogen-bond donors (Lipinski definition) is 1. The highest BCUT2D eigenvalue weighted by Crippen LogP contribution is 2.12. The van der Waals surface area contributed by atoms with Crippen molar-refractivity contribution in [2.75, 3.05) is 11.1 Å². The second-order valence-corrected chi connectivity index (χ2v) is 7.07. The van der Waals surface area contributed by atoms with Gasteiger partial charge in [-0.15, -0.1) is 0 Å². The number of sulfone groups is 1. The van der Waals surface area contributed by atoms with Crippen LogP contribution in [0.3, 0.4) is 0 Å². The third kappa shape index (κ3) is 4.67. The van der Waals surface area contributed by atoms with Crippen molar-refractivity contribution in [3.8, 4) is 6.07 Å². The van der Waals surface area contributed by atoms with Crippen LogP contribution in [-0.4, -0.2) is 25.3 Å². The second-order valence-electron chi connectivity index (χ2n) is 4.63. The maximum atomic E-state index is 11.9. The molecule has 1 amide bonds. The topological polar surface area (TPSA) is 87.0 Å². The predicted octanol–water partition coefficient (Wildman–Crippen LogP) is 2.04. The molecule has 0 aliphatic carbocycles. The van der Waals surface area contributed by atoms with Crippen molar-refractivity contribution in [2.24, 2.45) is 0 Å². The molecular weight excluding hydrogens is 276 g/mol. The molecule has 0 saturated carbocycles. The van der Waals surface area contributed by atoms with Crippen LogP contribution in [0.5, 0.6) is 0 Å². The first-order valence-electron chi connectivity index (χ1n) is 6.33. The fourth-order valence-electron chi connectivity index (χ4n) is 1.57. The molecule has 0 aliphatic heterocycles. The zero-order valence-corrected chi connectivity index (χ0v) is 12.4. The minimum atomic E-state index is -3.52. The zero-order chi connectivity index (χ0) is 15.2. The molecule has 0 heterocycles. The SMILES string of the molecule is Cc1ccc(NC(=O)C(C)S(=O)(=O)CCCC#N)cc1. The average Bonchev–Trinajstić information content (AvgIpc) is 2.40. The van der Waals surface area contributed by atoms with E-state index in [2.05, 4.69) is 5.32 Å². The van der Waals surface area contributed by atoms with Crippen molar-refractivity contribution in [1.29, 1.82) is 5.26 Å². The third-order valence-electron chi connectivity index (χ3n) is 2.94. The van der Waals surface area contributed by atoms with Gasteiger partial charge in [0.25, 0.3) is 0 Å². The fraction of sp³-hybridized carbons (Fsp3) is 0.429. The Balaban J connectivity index is 2.67. The van der Waals surface area contributed by atoms with Crippen LogP contribution < -0.4 is 5.32 Å². The maximum Gasteiger partial charge on any atom is 0.242 e. The Bertz CT molecular complexity index is 600. The van der Waals surface area contributed by atoms with E-state index in [1.807, 2.05) is 25.1 Å². The smallest absolute Gasteiger partial charge is 0.242 e. The Kier molecular flexibility index (Phi) is 5.71. The van der Waals surface area contributed by atoms with Gasteiger partial charge in [0.15, 0.2) is 9.84 Å². The molecule has 1 N–H and O–H groups in total. The Morgan fingerprint density at radius 1 is 1.35 bits per heavy atom. The number of hydrogen-bond acceptors (Lipinski definition) is 4. The van der Waals surface area contributed by atoms with E-state index >= 15 is 0 Å². The van der Waals surface area contributed by atoms with Crippen LogP contribution in [0.4, 0.5) is 5.69 Å². The molecule has 1 atom stereocenters. The number of carbonyl (C=O) groups excluding carboxylic acids is 1. The number of nitrogens with zero attached hydrogens (tertiary/aromatic N) is 1. The summed E-state index contributed by atoms with van der Waals surface area (Å²) >= 11 is 0. The fourth-order valence-corrected chi connectivity index (χ4v) is 2.86. The summed E-state index contributed by atoms with van der Waals surface area (Å²) in [6.07, 6.45) is 0.423. The molecule has 0 radical (unpaired) electrons. The van der Waals surface area contributed by atoms with Crippen LogP contribution in [0.15, 0.2) is 24.3 Å². The largest absolute Gasteiger partial charge is 0.325 e. The van der Waals surface area contributed by atoms with E-state index in [1.54, 1.807) is 12.1 Å². The average molecular weight is 294 g/mol. The molecule has 1 unspecified atom stereocenters. The first-order valence-corrected chi connectivity index (χ1v) is 8.04. The molecule has 0 spiro atoms. The van der Waals surface area contributed by atoms with Gasteiger partial charge in [-0.25, -0.2) is 8.42 Å². The first-order chi connectivity index (χ1) is 9.36. The van der Waals surface area contributed by atoms with Gasteiger partial charge in [-0.2, -0.15) is 5.26 Å². The number of unbranched alkanes of at least 4 members (excludes halogenated alkanes) is 1. The van der Waals surface area contributed by atoms with Crippen LogP contribution in [0.2, 0.25) is 0 Å². The number of amides is 1. The Hall–Kier alpha value is -1.87. The predicted molar refractivity (Wildman–Crippen MR) is 77.9 cm³/mol. The van der Waals surface area contributed by atoms with Gasteiger partial charge in [-0.05, 0) is 32.4 Å². The highest BCUT2D eigenvalue weighted by atomic mass is 32.2. The quantitative estimate of drug-likeness (QED) is 0.813. The van der Waals surface area contributed by atoms with Crippen molar-refractivity contribution in [3.63, 3.8) is 0 Å². The summed E-state index contributed by atoms with van der Waals surface area (Å²) in [6.45, 7) is 3.29. The lowest BCUT2D eigenvalue weighted by Gasteiger charge is -2.13. The molecule has 0 aliphatic rings. The Morgan fingerprint density at radius 2 is 1.95 bits per heavy atom. The minimum Gasteiger partial charge on any atom is -0.325 e.